The molecule has 0 radical (unpaired) electrons. The van der Waals surface area contributed by atoms with Gasteiger partial charge < -0.3 is 9.64 Å². The summed E-state index contributed by atoms with van der Waals surface area (Å²) in [6.45, 7) is 5.45. The molecule has 0 aliphatic rings. The van der Waals surface area contributed by atoms with E-state index in [-0.39, 0.29) is 12.5 Å². The summed E-state index contributed by atoms with van der Waals surface area (Å²) in [6, 6.07) is 13.6. The van der Waals surface area contributed by atoms with Crippen LogP contribution in [0.3, 0.4) is 0 Å². The number of aromatic nitrogens is 1. The molecule has 0 unspecified atom stereocenters. The first kappa shape index (κ1) is 19.3. The van der Waals surface area contributed by atoms with Gasteiger partial charge in [0.25, 0.3) is 5.91 Å². The summed E-state index contributed by atoms with van der Waals surface area (Å²) in [5.41, 5.74) is 3.30. The summed E-state index contributed by atoms with van der Waals surface area (Å²) >= 11 is 1.56. The quantitative estimate of drug-likeness (QED) is 0.621. The fourth-order valence-corrected chi connectivity index (χ4v) is 4.03. The zero-order valence-electron chi connectivity index (χ0n) is 16.2. The van der Waals surface area contributed by atoms with Gasteiger partial charge in [0, 0.05) is 13.1 Å². The van der Waals surface area contributed by atoms with Gasteiger partial charge in [-0.15, -0.1) is 0 Å². The van der Waals surface area contributed by atoms with Crippen molar-refractivity contribution in [2.45, 2.75) is 13.8 Å². The van der Waals surface area contributed by atoms with Gasteiger partial charge in [-0.3, -0.25) is 9.69 Å². The van der Waals surface area contributed by atoms with Gasteiger partial charge in [0.15, 0.2) is 11.7 Å². The highest BCUT2D eigenvalue weighted by Crippen LogP contribution is 2.31. The molecule has 6 heteroatoms. The number of aryl methyl sites for hydroxylation is 2. The normalized spacial score (nSPS) is 11.1. The number of amides is 1. The number of nitrogens with zero attached hydrogens (tertiary/aromatic N) is 3. The topological polar surface area (TPSA) is 45.7 Å². The maximum absolute atomic E-state index is 12.9. The molecule has 5 nitrogen and oxygen atoms in total. The van der Waals surface area contributed by atoms with E-state index in [4.69, 9.17) is 9.72 Å². The predicted molar refractivity (Wildman–Crippen MR) is 112 cm³/mol. The van der Waals surface area contributed by atoms with E-state index < -0.39 is 0 Å². The van der Waals surface area contributed by atoms with Crippen LogP contribution in [-0.4, -0.2) is 49.6 Å². The number of likely N-dealkylation sites (N-methyl/N-ethyl adjacent to an activating group) is 1. The van der Waals surface area contributed by atoms with Crippen molar-refractivity contribution in [2.24, 2.45) is 0 Å². The number of thiazole rings is 1. The van der Waals surface area contributed by atoms with Crippen LogP contribution in [0.1, 0.15) is 11.1 Å². The van der Waals surface area contributed by atoms with E-state index in [2.05, 4.69) is 30.9 Å². The van der Waals surface area contributed by atoms with Gasteiger partial charge in [-0.25, -0.2) is 4.98 Å². The Morgan fingerprint density at radius 3 is 2.56 bits per heavy atom. The second kappa shape index (κ2) is 8.50. The maximum atomic E-state index is 12.9. The highest BCUT2D eigenvalue weighted by atomic mass is 32.1. The molecule has 1 aromatic heterocycles. The number of fused-ring (bicyclic) bond motifs is 1. The largest absolute Gasteiger partial charge is 0.484 e. The molecule has 0 spiro atoms. The Kier molecular flexibility index (Phi) is 6.08. The lowest BCUT2D eigenvalue weighted by atomic mass is 10.1. The molecule has 27 heavy (non-hydrogen) atoms. The molecular formula is C21H25N3O2S. The van der Waals surface area contributed by atoms with Gasteiger partial charge in [-0.2, -0.15) is 0 Å². The molecule has 0 saturated heterocycles. The summed E-state index contributed by atoms with van der Waals surface area (Å²) in [4.78, 5) is 21.5. The van der Waals surface area contributed by atoms with Crippen molar-refractivity contribution in [3.63, 3.8) is 0 Å². The Labute approximate surface area is 164 Å². The standard InChI is InChI=1S/C21H25N3O2S/c1-15-12-16(2)20-18(13-15)27-21(22-20)24(11-10-23(3)4)19(25)14-26-17-8-6-5-7-9-17/h5-9,12-13H,10-11,14H2,1-4H3. The van der Waals surface area contributed by atoms with Crippen molar-refractivity contribution in [3.8, 4) is 5.75 Å². The van der Waals surface area contributed by atoms with Crippen LogP contribution in [0.2, 0.25) is 0 Å². The Balaban J connectivity index is 1.84. The lowest BCUT2D eigenvalue weighted by Gasteiger charge is -2.22. The van der Waals surface area contributed by atoms with Crippen molar-refractivity contribution < 1.29 is 9.53 Å². The van der Waals surface area contributed by atoms with Crippen LogP contribution in [0.5, 0.6) is 5.75 Å². The SMILES string of the molecule is Cc1cc(C)c2nc(N(CCN(C)C)C(=O)COc3ccccc3)sc2c1. The Morgan fingerprint density at radius 1 is 1.11 bits per heavy atom. The Hall–Kier alpha value is -2.44. The fourth-order valence-electron chi connectivity index (χ4n) is 2.84. The fraction of sp³-hybridized carbons (Fsp3) is 0.333. The van der Waals surface area contributed by atoms with Gasteiger partial charge >= 0.3 is 0 Å². The number of para-hydroxylation sites is 1. The summed E-state index contributed by atoms with van der Waals surface area (Å²) in [5.74, 6) is 0.600. The van der Waals surface area contributed by atoms with Crippen molar-refractivity contribution in [1.82, 2.24) is 9.88 Å². The number of ether oxygens (including phenoxy) is 1. The minimum absolute atomic E-state index is 0.00855. The summed E-state index contributed by atoms with van der Waals surface area (Å²) in [5, 5.41) is 0.724. The molecule has 0 saturated carbocycles. The zero-order valence-corrected chi connectivity index (χ0v) is 17.0. The third-order valence-corrected chi connectivity index (χ3v) is 5.25. The zero-order chi connectivity index (χ0) is 19.4. The molecule has 0 fully saturated rings. The van der Waals surface area contributed by atoms with Crippen LogP contribution in [0.25, 0.3) is 10.2 Å². The number of anilines is 1. The monoisotopic (exact) mass is 383 g/mol. The Bertz CT molecular complexity index is 922. The van der Waals surface area contributed by atoms with Crippen LogP contribution in [0.15, 0.2) is 42.5 Å². The number of carbonyl (C=O) groups excluding carboxylic acids is 1. The molecule has 1 heterocycles. The highest BCUT2D eigenvalue weighted by molar-refractivity contribution is 7.22. The molecule has 0 N–H and O–H groups in total. The molecular weight excluding hydrogens is 358 g/mol. The third kappa shape index (κ3) is 4.84. The van der Waals surface area contributed by atoms with Crippen LogP contribution in [0, 0.1) is 13.8 Å². The first-order valence-electron chi connectivity index (χ1n) is 8.95. The third-order valence-electron chi connectivity index (χ3n) is 4.23. The molecule has 0 bridgehead atoms. The highest BCUT2D eigenvalue weighted by Gasteiger charge is 2.21. The molecule has 142 valence electrons. The van der Waals surface area contributed by atoms with E-state index in [1.807, 2.05) is 44.4 Å². The van der Waals surface area contributed by atoms with Crippen molar-refractivity contribution in [2.75, 3.05) is 38.7 Å². The molecule has 3 rings (SSSR count). The van der Waals surface area contributed by atoms with Crippen molar-refractivity contribution in [1.29, 1.82) is 0 Å². The minimum Gasteiger partial charge on any atom is -0.484 e. The molecule has 1 amide bonds. The van der Waals surface area contributed by atoms with E-state index in [0.29, 0.717) is 12.3 Å². The smallest absolute Gasteiger partial charge is 0.266 e. The van der Waals surface area contributed by atoms with Gasteiger partial charge in [0.1, 0.15) is 5.75 Å². The van der Waals surface area contributed by atoms with Crippen LogP contribution in [-0.2, 0) is 4.79 Å². The Morgan fingerprint density at radius 2 is 1.85 bits per heavy atom. The summed E-state index contributed by atoms with van der Waals surface area (Å²) in [6.07, 6.45) is 0. The number of carbonyl (C=O) groups is 1. The molecule has 0 aliphatic heterocycles. The van der Waals surface area contributed by atoms with Gasteiger partial charge in [-0.1, -0.05) is 35.6 Å². The average Bonchev–Trinajstić information content (AvgIpc) is 3.04. The first-order valence-corrected chi connectivity index (χ1v) is 9.76. The van der Waals surface area contributed by atoms with E-state index in [9.17, 15) is 4.79 Å². The number of hydrogen-bond acceptors (Lipinski definition) is 5. The van der Waals surface area contributed by atoms with Gasteiger partial charge in [0.05, 0.1) is 10.2 Å². The molecule has 3 aromatic rings. The van der Waals surface area contributed by atoms with Crippen LogP contribution < -0.4 is 9.64 Å². The van der Waals surface area contributed by atoms with Crippen molar-refractivity contribution >= 4 is 32.6 Å². The van der Waals surface area contributed by atoms with Crippen molar-refractivity contribution in [3.05, 3.63) is 53.6 Å². The van der Waals surface area contributed by atoms with E-state index in [0.717, 1.165) is 27.5 Å². The second-order valence-electron chi connectivity index (χ2n) is 6.88. The predicted octanol–water partition coefficient (Wildman–Crippen LogP) is 3.89. The lowest BCUT2D eigenvalue weighted by molar-refractivity contribution is -0.120. The van der Waals surface area contributed by atoms with E-state index in [1.165, 1.54) is 5.56 Å². The maximum Gasteiger partial charge on any atom is 0.266 e. The minimum atomic E-state index is -0.0888. The number of rotatable bonds is 7. The van der Waals surface area contributed by atoms with E-state index in [1.54, 1.807) is 16.2 Å². The first-order chi connectivity index (χ1) is 12.9. The number of benzene rings is 2. The lowest BCUT2D eigenvalue weighted by Crippen LogP contribution is -2.39. The van der Waals surface area contributed by atoms with Gasteiger partial charge in [0.2, 0.25) is 0 Å². The number of hydrogen-bond donors (Lipinski definition) is 0. The van der Waals surface area contributed by atoms with Gasteiger partial charge in [-0.05, 0) is 57.3 Å². The summed E-state index contributed by atoms with van der Waals surface area (Å²) in [7, 11) is 3.99. The molecule has 0 atom stereocenters. The average molecular weight is 384 g/mol. The molecule has 0 aliphatic carbocycles. The van der Waals surface area contributed by atoms with Crippen LogP contribution in [0.4, 0.5) is 5.13 Å². The van der Waals surface area contributed by atoms with E-state index >= 15 is 0 Å². The molecule has 2 aromatic carbocycles. The van der Waals surface area contributed by atoms with Crippen LogP contribution >= 0.6 is 11.3 Å². The second-order valence-corrected chi connectivity index (χ2v) is 7.88. The summed E-state index contributed by atoms with van der Waals surface area (Å²) < 4.78 is 6.77.